The first kappa shape index (κ1) is 14.8. The minimum Gasteiger partial charge on any atom is -0.496 e. The first-order chi connectivity index (χ1) is 10.0. The Balaban J connectivity index is 2.33. The van der Waals surface area contributed by atoms with Crippen LogP contribution in [0.2, 0.25) is 0 Å². The maximum absolute atomic E-state index is 10.6. The van der Waals surface area contributed by atoms with Crippen LogP contribution in [0.1, 0.15) is 18.5 Å². The molecule has 2 aromatic carbocycles. The van der Waals surface area contributed by atoms with E-state index in [-0.39, 0.29) is 11.7 Å². The van der Waals surface area contributed by atoms with Crippen LogP contribution in [-0.4, -0.2) is 12.0 Å². The van der Waals surface area contributed by atoms with Gasteiger partial charge in [0.1, 0.15) is 17.2 Å². The number of hydrogen-bond donors (Lipinski definition) is 1. The topological polar surface area (TPSA) is 87.6 Å². The van der Waals surface area contributed by atoms with Crippen molar-refractivity contribution >= 4 is 5.69 Å². The van der Waals surface area contributed by atoms with Gasteiger partial charge in [0.25, 0.3) is 5.69 Å². The largest absolute Gasteiger partial charge is 0.496 e. The molecule has 6 heteroatoms. The lowest BCUT2D eigenvalue weighted by atomic mass is 10.1. The number of non-ortho nitro benzene ring substituents is 1. The first-order valence-corrected chi connectivity index (χ1v) is 6.37. The summed E-state index contributed by atoms with van der Waals surface area (Å²) >= 11 is 0. The SMILES string of the molecule is COc1cccc(Oc2ccc([N+](=O)[O-])cc2)c1[C@H](C)N. The number of ether oxygens (including phenoxy) is 2. The lowest BCUT2D eigenvalue weighted by Gasteiger charge is -2.17. The van der Waals surface area contributed by atoms with Gasteiger partial charge in [-0.3, -0.25) is 10.1 Å². The van der Waals surface area contributed by atoms with E-state index < -0.39 is 4.92 Å². The Labute approximate surface area is 122 Å². The molecule has 0 saturated heterocycles. The number of rotatable bonds is 5. The second kappa shape index (κ2) is 6.23. The molecular formula is C15H16N2O4. The zero-order valence-corrected chi connectivity index (χ0v) is 11.8. The summed E-state index contributed by atoms with van der Waals surface area (Å²) in [6.45, 7) is 1.83. The van der Waals surface area contributed by atoms with E-state index in [1.807, 2.05) is 6.92 Å². The summed E-state index contributed by atoms with van der Waals surface area (Å²) in [6, 6.07) is 11.0. The Morgan fingerprint density at radius 3 is 2.29 bits per heavy atom. The van der Waals surface area contributed by atoms with Gasteiger partial charge in [-0.15, -0.1) is 0 Å². The number of nitro groups is 1. The van der Waals surface area contributed by atoms with E-state index in [0.717, 1.165) is 5.56 Å². The Kier molecular flexibility index (Phi) is 4.39. The molecule has 2 rings (SSSR count). The summed E-state index contributed by atoms with van der Waals surface area (Å²) in [4.78, 5) is 10.2. The zero-order chi connectivity index (χ0) is 15.4. The van der Waals surface area contributed by atoms with E-state index in [2.05, 4.69) is 0 Å². The Morgan fingerprint density at radius 1 is 1.14 bits per heavy atom. The average molecular weight is 288 g/mol. The quantitative estimate of drug-likeness (QED) is 0.672. The van der Waals surface area contributed by atoms with Gasteiger partial charge in [-0.1, -0.05) is 6.07 Å². The predicted octanol–water partition coefficient (Wildman–Crippen LogP) is 3.42. The lowest BCUT2D eigenvalue weighted by molar-refractivity contribution is -0.384. The number of nitro benzene ring substituents is 1. The third-order valence-electron chi connectivity index (χ3n) is 2.98. The zero-order valence-electron chi connectivity index (χ0n) is 11.8. The Morgan fingerprint density at radius 2 is 1.76 bits per heavy atom. The van der Waals surface area contributed by atoms with Crippen LogP contribution in [0.4, 0.5) is 5.69 Å². The van der Waals surface area contributed by atoms with E-state index in [1.54, 1.807) is 37.4 Å². The molecule has 2 N–H and O–H groups in total. The molecule has 110 valence electrons. The molecule has 0 aliphatic carbocycles. The van der Waals surface area contributed by atoms with Gasteiger partial charge in [-0.2, -0.15) is 0 Å². The molecule has 2 aromatic rings. The summed E-state index contributed by atoms with van der Waals surface area (Å²) in [6.07, 6.45) is 0. The van der Waals surface area contributed by atoms with Crippen molar-refractivity contribution in [1.29, 1.82) is 0 Å². The second-order valence-electron chi connectivity index (χ2n) is 4.51. The van der Waals surface area contributed by atoms with Crippen LogP contribution in [0.3, 0.4) is 0 Å². The van der Waals surface area contributed by atoms with Crippen molar-refractivity contribution in [2.24, 2.45) is 5.73 Å². The smallest absolute Gasteiger partial charge is 0.269 e. The highest BCUT2D eigenvalue weighted by molar-refractivity contribution is 5.49. The normalized spacial score (nSPS) is 11.8. The van der Waals surface area contributed by atoms with E-state index in [4.69, 9.17) is 15.2 Å². The van der Waals surface area contributed by atoms with Crippen LogP contribution < -0.4 is 15.2 Å². The average Bonchev–Trinajstić information content (AvgIpc) is 2.47. The van der Waals surface area contributed by atoms with Gasteiger partial charge >= 0.3 is 0 Å². The molecule has 0 spiro atoms. The number of hydrogen-bond acceptors (Lipinski definition) is 5. The van der Waals surface area contributed by atoms with Crippen molar-refractivity contribution in [3.8, 4) is 17.2 Å². The molecular weight excluding hydrogens is 272 g/mol. The Bertz CT molecular complexity index is 639. The lowest BCUT2D eigenvalue weighted by Crippen LogP contribution is -2.08. The van der Waals surface area contributed by atoms with E-state index in [1.165, 1.54) is 12.1 Å². The minimum atomic E-state index is -0.456. The van der Waals surface area contributed by atoms with E-state index in [0.29, 0.717) is 17.2 Å². The number of nitrogens with two attached hydrogens (primary N) is 1. The summed E-state index contributed by atoms with van der Waals surface area (Å²) < 4.78 is 11.1. The summed E-state index contributed by atoms with van der Waals surface area (Å²) in [5.74, 6) is 1.71. The van der Waals surface area contributed by atoms with Gasteiger partial charge in [-0.05, 0) is 31.2 Å². The van der Waals surface area contributed by atoms with Crippen LogP contribution in [-0.2, 0) is 0 Å². The van der Waals surface area contributed by atoms with E-state index >= 15 is 0 Å². The van der Waals surface area contributed by atoms with Crippen molar-refractivity contribution in [1.82, 2.24) is 0 Å². The third kappa shape index (κ3) is 3.29. The van der Waals surface area contributed by atoms with Gasteiger partial charge in [0, 0.05) is 18.2 Å². The van der Waals surface area contributed by atoms with Gasteiger partial charge in [0.05, 0.1) is 17.6 Å². The summed E-state index contributed by atoms with van der Waals surface area (Å²) in [5.41, 5.74) is 6.72. The van der Waals surface area contributed by atoms with Crippen LogP contribution in [0.15, 0.2) is 42.5 Å². The highest BCUT2D eigenvalue weighted by atomic mass is 16.6. The van der Waals surface area contributed by atoms with Crippen LogP contribution >= 0.6 is 0 Å². The molecule has 6 nitrogen and oxygen atoms in total. The maximum atomic E-state index is 10.6. The molecule has 0 bridgehead atoms. The number of nitrogens with zero attached hydrogens (tertiary/aromatic N) is 1. The molecule has 21 heavy (non-hydrogen) atoms. The van der Waals surface area contributed by atoms with Crippen LogP contribution in [0.5, 0.6) is 17.2 Å². The fraction of sp³-hybridized carbons (Fsp3) is 0.200. The molecule has 0 radical (unpaired) electrons. The van der Waals surface area contributed by atoms with Crippen molar-refractivity contribution in [3.63, 3.8) is 0 Å². The molecule has 0 saturated carbocycles. The van der Waals surface area contributed by atoms with E-state index in [9.17, 15) is 10.1 Å². The fourth-order valence-corrected chi connectivity index (χ4v) is 2.00. The standard InChI is InChI=1S/C15H16N2O4/c1-10(16)15-13(20-2)4-3-5-14(15)21-12-8-6-11(7-9-12)17(18)19/h3-10H,16H2,1-2H3/t10-/m0/s1. The van der Waals surface area contributed by atoms with Gasteiger partial charge in [0.15, 0.2) is 0 Å². The van der Waals surface area contributed by atoms with Crippen LogP contribution in [0, 0.1) is 10.1 Å². The molecule has 0 aromatic heterocycles. The summed E-state index contributed by atoms with van der Waals surface area (Å²) in [5, 5.41) is 10.6. The van der Waals surface area contributed by atoms with Crippen molar-refractivity contribution < 1.29 is 14.4 Å². The van der Waals surface area contributed by atoms with Crippen LogP contribution in [0.25, 0.3) is 0 Å². The number of methoxy groups -OCH3 is 1. The van der Waals surface area contributed by atoms with Gasteiger partial charge < -0.3 is 15.2 Å². The van der Waals surface area contributed by atoms with Crippen molar-refractivity contribution in [3.05, 3.63) is 58.1 Å². The predicted molar refractivity (Wildman–Crippen MR) is 78.8 cm³/mol. The highest BCUT2D eigenvalue weighted by Gasteiger charge is 2.15. The molecule has 0 unspecified atom stereocenters. The highest BCUT2D eigenvalue weighted by Crippen LogP contribution is 2.35. The van der Waals surface area contributed by atoms with Gasteiger partial charge in [-0.25, -0.2) is 0 Å². The van der Waals surface area contributed by atoms with Crippen molar-refractivity contribution in [2.75, 3.05) is 7.11 Å². The Hall–Kier alpha value is -2.60. The molecule has 0 aliphatic heterocycles. The third-order valence-corrected chi connectivity index (χ3v) is 2.98. The summed E-state index contributed by atoms with van der Waals surface area (Å²) in [7, 11) is 1.57. The number of benzene rings is 2. The minimum absolute atomic E-state index is 0.0143. The first-order valence-electron chi connectivity index (χ1n) is 6.37. The van der Waals surface area contributed by atoms with Gasteiger partial charge in [0.2, 0.25) is 0 Å². The molecule has 0 heterocycles. The van der Waals surface area contributed by atoms with Crippen molar-refractivity contribution in [2.45, 2.75) is 13.0 Å². The molecule has 0 amide bonds. The fourth-order valence-electron chi connectivity index (χ4n) is 2.00. The molecule has 0 aliphatic rings. The monoisotopic (exact) mass is 288 g/mol. The second-order valence-corrected chi connectivity index (χ2v) is 4.51. The molecule has 1 atom stereocenters. The molecule has 0 fully saturated rings. The maximum Gasteiger partial charge on any atom is 0.269 e.